The van der Waals surface area contributed by atoms with Gasteiger partial charge in [0.05, 0.1) is 0 Å². The number of aromatic amines is 1. The lowest BCUT2D eigenvalue weighted by Gasteiger charge is -1.97. The van der Waals surface area contributed by atoms with E-state index in [0.29, 0.717) is 11.8 Å². The topological polar surface area (TPSA) is 41.6 Å². The molecule has 1 N–H and O–H groups in total. The van der Waals surface area contributed by atoms with Gasteiger partial charge < -0.3 is 0 Å². The molecule has 0 saturated heterocycles. The SMILES string of the molecule is c1ccc(Cc2nc([C@@H]3C[C@H]3c3ccccc3)n[nH]2)cc1. The first-order valence-electron chi connectivity index (χ1n) is 7.40. The van der Waals surface area contributed by atoms with Crippen LogP contribution in [0.2, 0.25) is 0 Å². The van der Waals surface area contributed by atoms with Crippen molar-refractivity contribution in [2.75, 3.05) is 0 Å². The largest absolute Gasteiger partial charge is 0.263 e. The van der Waals surface area contributed by atoms with Gasteiger partial charge in [0, 0.05) is 12.3 Å². The maximum absolute atomic E-state index is 4.68. The lowest BCUT2D eigenvalue weighted by molar-refractivity contribution is 0.902. The van der Waals surface area contributed by atoms with Gasteiger partial charge in [0.15, 0.2) is 5.82 Å². The summed E-state index contributed by atoms with van der Waals surface area (Å²) in [5.41, 5.74) is 2.66. The van der Waals surface area contributed by atoms with E-state index in [9.17, 15) is 0 Å². The standard InChI is InChI=1S/C18H17N3/c1-3-7-13(8-4-1)11-17-19-18(21-20-17)16-12-15(16)14-9-5-2-6-10-14/h1-10,15-16H,11-12H2,(H,19,20,21)/t15-,16+/m0/s1. The Kier molecular flexibility index (Phi) is 3.03. The smallest absolute Gasteiger partial charge is 0.154 e. The van der Waals surface area contributed by atoms with E-state index in [-0.39, 0.29) is 0 Å². The molecule has 0 unspecified atom stereocenters. The van der Waals surface area contributed by atoms with Crippen LogP contribution in [0.15, 0.2) is 60.7 Å². The highest BCUT2D eigenvalue weighted by Gasteiger charge is 2.42. The molecule has 1 aromatic heterocycles. The minimum atomic E-state index is 0.480. The normalized spacial score (nSPS) is 20.4. The summed E-state index contributed by atoms with van der Waals surface area (Å²) < 4.78 is 0. The number of nitrogens with one attached hydrogen (secondary N) is 1. The highest BCUT2D eigenvalue weighted by molar-refractivity contribution is 5.31. The fourth-order valence-corrected chi connectivity index (χ4v) is 2.89. The van der Waals surface area contributed by atoms with Crippen LogP contribution in [-0.2, 0) is 6.42 Å². The van der Waals surface area contributed by atoms with E-state index in [4.69, 9.17) is 0 Å². The molecule has 104 valence electrons. The number of rotatable bonds is 4. The van der Waals surface area contributed by atoms with E-state index in [1.807, 2.05) is 6.07 Å². The predicted molar refractivity (Wildman–Crippen MR) is 82.2 cm³/mol. The Balaban J connectivity index is 1.47. The molecule has 1 fully saturated rings. The third-order valence-corrected chi connectivity index (χ3v) is 4.11. The van der Waals surface area contributed by atoms with Crippen LogP contribution in [0.1, 0.15) is 41.0 Å². The highest BCUT2D eigenvalue weighted by Crippen LogP contribution is 2.53. The summed E-state index contributed by atoms with van der Waals surface area (Å²) in [5, 5.41) is 7.50. The van der Waals surface area contributed by atoms with Crippen LogP contribution in [0.3, 0.4) is 0 Å². The molecule has 4 rings (SSSR count). The molecule has 0 aliphatic heterocycles. The molecule has 1 saturated carbocycles. The van der Waals surface area contributed by atoms with Gasteiger partial charge in [0.25, 0.3) is 0 Å². The minimum Gasteiger partial charge on any atom is -0.263 e. The average molecular weight is 275 g/mol. The molecule has 0 bridgehead atoms. The van der Waals surface area contributed by atoms with E-state index in [1.54, 1.807) is 0 Å². The van der Waals surface area contributed by atoms with Crippen molar-refractivity contribution in [3.8, 4) is 0 Å². The molecule has 1 heterocycles. The van der Waals surface area contributed by atoms with Crippen molar-refractivity contribution in [2.24, 2.45) is 0 Å². The summed E-state index contributed by atoms with van der Waals surface area (Å²) in [7, 11) is 0. The van der Waals surface area contributed by atoms with Crippen molar-refractivity contribution in [2.45, 2.75) is 24.7 Å². The van der Waals surface area contributed by atoms with Crippen molar-refractivity contribution < 1.29 is 0 Å². The first-order valence-corrected chi connectivity index (χ1v) is 7.40. The van der Waals surface area contributed by atoms with Crippen molar-refractivity contribution in [1.29, 1.82) is 0 Å². The van der Waals surface area contributed by atoms with Crippen molar-refractivity contribution in [1.82, 2.24) is 15.2 Å². The molecule has 21 heavy (non-hydrogen) atoms. The molecule has 3 aromatic rings. The fraction of sp³-hybridized carbons (Fsp3) is 0.222. The van der Waals surface area contributed by atoms with E-state index < -0.39 is 0 Å². The summed E-state index contributed by atoms with van der Waals surface area (Å²) in [5.74, 6) is 2.99. The van der Waals surface area contributed by atoms with Crippen molar-refractivity contribution in [3.63, 3.8) is 0 Å². The van der Waals surface area contributed by atoms with Crippen molar-refractivity contribution >= 4 is 0 Å². The summed E-state index contributed by atoms with van der Waals surface area (Å²) in [6, 6.07) is 21.0. The van der Waals surface area contributed by atoms with Crippen LogP contribution in [0.4, 0.5) is 0 Å². The number of aromatic nitrogens is 3. The molecule has 0 spiro atoms. The van der Waals surface area contributed by atoms with Gasteiger partial charge >= 0.3 is 0 Å². The zero-order chi connectivity index (χ0) is 14.1. The Hall–Kier alpha value is -2.42. The van der Waals surface area contributed by atoms with Gasteiger partial charge in [-0.1, -0.05) is 60.7 Å². The highest BCUT2D eigenvalue weighted by atomic mass is 15.2. The third kappa shape index (κ3) is 2.59. The molecular weight excluding hydrogens is 258 g/mol. The second-order valence-electron chi connectivity index (χ2n) is 5.66. The molecule has 0 radical (unpaired) electrons. The molecule has 3 heteroatoms. The summed E-state index contributed by atoms with van der Waals surface area (Å²) in [4.78, 5) is 4.68. The molecule has 1 aliphatic carbocycles. The van der Waals surface area contributed by atoms with E-state index in [2.05, 4.69) is 69.8 Å². The zero-order valence-corrected chi connectivity index (χ0v) is 11.7. The average Bonchev–Trinajstić information content (AvgIpc) is 3.22. The van der Waals surface area contributed by atoms with E-state index in [1.165, 1.54) is 11.1 Å². The lowest BCUT2D eigenvalue weighted by Crippen LogP contribution is -1.91. The number of hydrogen-bond acceptors (Lipinski definition) is 2. The Bertz CT molecular complexity index is 718. The lowest BCUT2D eigenvalue weighted by atomic mass is 10.1. The quantitative estimate of drug-likeness (QED) is 0.789. The molecular formula is C18H17N3. The van der Waals surface area contributed by atoms with Crippen LogP contribution in [0.5, 0.6) is 0 Å². The van der Waals surface area contributed by atoms with E-state index in [0.717, 1.165) is 24.5 Å². The zero-order valence-electron chi connectivity index (χ0n) is 11.7. The van der Waals surface area contributed by atoms with Gasteiger partial charge in [-0.2, -0.15) is 5.10 Å². The monoisotopic (exact) mass is 275 g/mol. The summed E-state index contributed by atoms with van der Waals surface area (Å²) in [6.07, 6.45) is 1.98. The number of benzene rings is 2. The van der Waals surface area contributed by atoms with Gasteiger partial charge in [0.2, 0.25) is 0 Å². The summed E-state index contributed by atoms with van der Waals surface area (Å²) >= 11 is 0. The fourth-order valence-electron chi connectivity index (χ4n) is 2.89. The second kappa shape index (κ2) is 5.17. The number of H-pyrrole nitrogens is 1. The van der Waals surface area contributed by atoms with Gasteiger partial charge in [-0.25, -0.2) is 4.98 Å². The third-order valence-electron chi connectivity index (χ3n) is 4.11. The first-order chi connectivity index (χ1) is 10.4. The predicted octanol–water partition coefficient (Wildman–Crippen LogP) is 3.67. The first kappa shape index (κ1) is 12.3. The molecule has 0 amide bonds. The van der Waals surface area contributed by atoms with Gasteiger partial charge in [-0.15, -0.1) is 0 Å². The Morgan fingerprint density at radius 1 is 0.905 bits per heavy atom. The molecule has 2 aromatic carbocycles. The van der Waals surface area contributed by atoms with Crippen molar-refractivity contribution in [3.05, 3.63) is 83.4 Å². The summed E-state index contributed by atoms with van der Waals surface area (Å²) in [6.45, 7) is 0. The minimum absolute atomic E-state index is 0.480. The van der Waals surface area contributed by atoms with E-state index >= 15 is 0 Å². The Morgan fingerprint density at radius 3 is 2.38 bits per heavy atom. The maximum atomic E-state index is 4.68. The maximum Gasteiger partial charge on any atom is 0.154 e. The van der Waals surface area contributed by atoms with Crippen LogP contribution in [-0.4, -0.2) is 15.2 Å². The van der Waals surface area contributed by atoms with Crippen LogP contribution >= 0.6 is 0 Å². The van der Waals surface area contributed by atoms with Crippen LogP contribution in [0.25, 0.3) is 0 Å². The number of nitrogens with zero attached hydrogens (tertiary/aromatic N) is 2. The number of hydrogen-bond donors (Lipinski definition) is 1. The van der Waals surface area contributed by atoms with Gasteiger partial charge in [0.1, 0.15) is 5.82 Å². The van der Waals surface area contributed by atoms with Gasteiger partial charge in [-0.3, -0.25) is 5.10 Å². The Morgan fingerprint density at radius 2 is 1.62 bits per heavy atom. The molecule has 2 atom stereocenters. The Labute approximate surface area is 124 Å². The second-order valence-corrected chi connectivity index (χ2v) is 5.66. The van der Waals surface area contributed by atoms with Gasteiger partial charge in [-0.05, 0) is 23.5 Å². The van der Waals surface area contributed by atoms with Crippen LogP contribution < -0.4 is 0 Å². The molecule has 3 nitrogen and oxygen atoms in total. The molecule has 1 aliphatic rings. The van der Waals surface area contributed by atoms with Crippen LogP contribution in [0, 0.1) is 0 Å².